The van der Waals surface area contributed by atoms with Gasteiger partial charge in [0.1, 0.15) is 17.5 Å². The van der Waals surface area contributed by atoms with Crippen molar-refractivity contribution in [1.29, 1.82) is 0 Å². The first-order chi connectivity index (χ1) is 19.6. The zero-order chi connectivity index (χ0) is 29.8. The molecular formula is C29H41N9O3. The second-order valence-electron chi connectivity index (χ2n) is 10.5. The summed E-state index contributed by atoms with van der Waals surface area (Å²) in [5.41, 5.74) is 7.83. The molecule has 1 aliphatic rings. The van der Waals surface area contributed by atoms with Crippen molar-refractivity contribution in [3.8, 4) is 11.8 Å². The maximum atomic E-state index is 12.5. The van der Waals surface area contributed by atoms with Gasteiger partial charge < -0.3 is 26.1 Å². The fraction of sp³-hybridized carbons (Fsp3) is 0.448. The standard InChI is InChI=1S/C29H41N9O3/c1-7-16-30-25-22(11-9-8-10-17-31-26(39)21(2)37(6)28(40)41-29(3,4)5)20-32-27(35-25)34-23-12-14-24(15-13-23)38-19-18-33-36-38/h12-15,18-21,33,36H,7-8,10,16-17H2,1-6H3,(H,31,39)(H2,30,32,34,35)/t21-/m0/s1. The van der Waals surface area contributed by atoms with Crippen LogP contribution in [-0.2, 0) is 9.53 Å². The number of rotatable bonds is 11. The first-order valence-corrected chi connectivity index (χ1v) is 13.7. The number of amides is 2. The van der Waals surface area contributed by atoms with E-state index in [9.17, 15) is 9.59 Å². The number of hydrogen-bond acceptors (Lipinski definition) is 10. The molecule has 0 saturated carbocycles. The first-order valence-electron chi connectivity index (χ1n) is 13.7. The van der Waals surface area contributed by atoms with Crippen LogP contribution < -0.4 is 31.9 Å². The fourth-order valence-corrected chi connectivity index (χ4v) is 3.51. The zero-order valence-corrected chi connectivity index (χ0v) is 24.7. The van der Waals surface area contributed by atoms with E-state index in [-0.39, 0.29) is 5.91 Å². The minimum atomic E-state index is -0.651. The van der Waals surface area contributed by atoms with Gasteiger partial charge in [0.15, 0.2) is 0 Å². The highest BCUT2D eigenvalue weighted by Gasteiger charge is 2.26. The van der Waals surface area contributed by atoms with E-state index in [1.54, 1.807) is 40.9 Å². The smallest absolute Gasteiger partial charge is 0.410 e. The number of nitrogens with one attached hydrogen (secondary N) is 5. The Balaban J connectivity index is 1.51. The number of carbonyl (C=O) groups is 2. The van der Waals surface area contributed by atoms with E-state index in [1.165, 1.54) is 4.90 Å². The predicted octanol–water partition coefficient (Wildman–Crippen LogP) is 3.85. The number of benzene rings is 1. The molecule has 12 nitrogen and oxygen atoms in total. The van der Waals surface area contributed by atoms with Crippen molar-refractivity contribution in [2.75, 3.05) is 35.8 Å². The molecule has 2 aromatic rings. The van der Waals surface area contributed by atoms with Crippen LogP contribution in [-0.4, -0.2) is 58.6 Å². The number of hydrazine groups is 2. The number of aromatic nitrogens is 2. The maximum absolute atomic E-state index is 12.5. The number of anilines is 4. The summed E-state index contributed by atoms with van der Waals surface area (Å²) in [6.07, 6.45) is 7.04. The maximum Gasteiger partial charge on any atom is 0.410 e. The number of likely N-dealkylation sites (N-methyl/N-ethyl adjacent to an activating group) is 1. The SMILES string of the molecule is CCCNc1nc(Nc2ccc(N3C=CNN3)cc2)ncc1C#CCCCNC(=O)[C@H](C)N(C)C(=O)OC(C)(C)C. The summed E-state index contributed by atoms with van der Waals surface area (Å²) in [5, 5.41) is 11.3. The lowest BCUT2D eigenvalue weighted by Gasteiger charge is -2.28. The van der Waals surface area contributed by atoms with Crippen molar-refractivity contribution in [2.45, 2.75) is 65.5 Å². The van der Waals surface area contributed by atoms with E-state index in [1.807, 2.05) is 41.7 Å². The normalized spacial score (nSPS) is 13.0. The first kappa shape index (κ1) is 31.0. The average molecular weight is 564 g/mol. The number of unbranched alkanes of at least 4 members (excludes halogenated alkanes) is 1. The van der Waals surface area contributed by atoms with Gasteiger partial charge >= 0.3 is 6.09 Å². The van der Waals surface area contributed by atoms with Gasteiger partial charge in [0, 0.05) is 44.6 Å². The van der Waals surface area contributed by atoms with Crippen LogP contribution in [0.25, 0.3) is 0 Å². The molecule has 0 fully saturated rings. The van der Waals surface area contributed by atoms with Gasteiger partial charge in [-0.3, -0.25) is 14.7 Å². The van der Waals surface area contributed by atoms with Gasteiger partial charge in [-0.1, -0.05) is 18.8 Å². The van der Waals surface area contributed by atoms with E-state index in [4.69, 9.17) is 4.74 Å². The van der Waals surface area contributed by atoms with Crippen molar-refractivity contribution in [3.63, 3.8) is 0 Å². The lowest BCUT2D eigenvalue weighted by atomic mass is 10.2. The lowest BCUT2D eigenvalue weighted by Crippen LogP contribution is -2.47. The average Bonchev–Trinajstić information content (AvgIpc) is 3.48. The molecule has 3 rings (SSSR count). The Morgan fingerprint density at radius 2 is 1.95 bits per heavy atom. The van der Waals surface area contributed by atoms with Crippen LogP contribution in [0, 0.1) is 11.8 Å². The predicted molar refractivity (Wildman–Crippen MR) is 161 cm³/mol. The van der Waals surface area contributed by atoms with Crippen LogP contribution in [0.5, 0.6) is 0 Å². The minimum absolute atomic E-state index is 0.245. The molecule has 1 aliphatic heterocycles. The lowest BCUT2D eigenvalue weighted by molar-refractivity contribution is -0.125. The number of hydrogen-bond donors (Lipinski definition) is 5. The van der Waals surface area contributed by atoms with Crippen molar-refractivity contribution in [3.05, 3.63) is 48.4 Å². The molecule has 220 valence electrons. The Labute approximate surface area is 242 Å². The van der Waals surface area contributed by atoms with E-state index >= 15 is 0 Å². The summed E-state index contributed by atoms with van der Waals surface area (Å²) in [6.45, 7) is 10.3. The molecular weight excluding hydrogens is 522 g/mol. The molecule has 0 bridgehead atoms. The van der Waals surface area contributed by atoms with Crippen molar-refractivity contribution >= 4 is 35.1 Å². The van der Waals surface area contributed by atoms with Crippen LogP contribution in [0.2, 0.25) is 0 Å². The molecule has 0 unspecified atom stereocenters. The van der Waals surface area contributed by atoms with Gasteiger partial charge in [-0.25, -0.2) is 9.78 Å². The number of carbonyl (C=O) groups excluding carboxylic acids is 2. The molecule has 0 radical (unpaired) electrons. The van der Waals surface area contributed by atoms with Crippen LogP contribution in [0.1, 0.15) is 59.4 Å². The van der Waals surface area contributed by atoms with Gasteiger partial charge in [0.2, 0.25) is 11.9 Å². The Morgan fingerprint density at radius 1 is 1.20 bits per heavy atom. The molecule has 1 aromatic heterocycles. The van der Waals surface area contributed by atoms with Crippen molar-refractivity contribution < 1.29 is 14.3 Å². The molecule has 41 heavy (non-hydrogen) atoms. The zero-order valence-electron chi connectivity index (χ0n) is 24.7. The van der Waals surface area contributed by atoms with Gasteiger partial charge in [-0.2, -0.15) is 4.98 Å². The largest absolute Gasteiger partial charge is 0.444 e. The summed E-state index contributed by atoms with van der Waals surface area (Å²) in [7, 11) is 1.55. The van der Waals surface area contributed by atoms with Crippen molar-refractivity contribution in [1.82, 2.24) is 31.1 Å². The Hall–Kier alpha value is -4.50. The number of ether oxygens (including phenoxy) is 1. The minimum Gasteiger partial charge on any atom is -0.444 e. The quantitative estimate of drug-likeness (QED) is 0.203. The fourth-order valence-electron chi connectivity index (χ4n) is 3.51. The summed E-state index contributed by atoms with van der Waals surface area (Å²) in [6, 6.07) is 7.21. The molecule has 12 heteroatoms. The summed E-state index contributed by atoms with van der Waals surface area (Å²) < 4.78 is 5.33. The van der Waals surface area contributed by atoms with Crippen molar-refractivity contribution in [2.24, 2.45) is 0 Å². The van der Waals surface area contributed by atoms with E-state index in [0.29, 0.717) is 36.7 Å². The molecule has 0 saturated heterocycles. The molecule has 5 N–H and O–H groups in total. The second-order valence-corrected chi connectivity index (χ2v) is 10.5. The third-order valence-corrected chi connectivity index (χ3v) is 5.87. The molecule has 0 spiro atoms. The summed E-state index contributed by atoms with van der Waals surface area (Å²) in [4.78, 5) is 35.0. The molecule has 2 amide bonds. The Kier molecular flexibility index (Phi) is 11.2. The van der Waals surface area contributed by atoms with E-state index < -0.39 is 17.7 Å². The Morgan fingerprint density at radius 3 is 2.61 bits per heavy atom. The van der Waals surface area contributed by atoms with Crippen LogP contribution in [0.15, 0.2) is 42.9 Å². The monoisotopic (exact) mass is 563 g/mol. The highest BCUT2D eigenvalue weighted by Crippen LogP contribution is 2.21. The topological polar surface area (TPSA) is 136 Å². The third-order valence-electron chi connectivity index (χ3n) is 5.87. The highest BCUT2D eigenvalue weighted by molar-refractivity contribution is 5.85. The summed E-state index contributed by atoms with van der Waals surface area (Å²) >= 11 is 0. The Bertz CT molecular complexity index is 1260. The van der Waals surface area contributed by atoms with Crippen LogP contribution >= 0.6 is 0 Å². The van der Waals surface area contributed by atoms with E-state index in [0.717, 1.165) is 24.3 Å². The van der Waals surface area contributed by atoms with Gasteiger partial charge in [0.05, 0.1) is 17.4 Å². The van der Waals surface area contributed by atoms with Crippen LogP contribution in [0.4, 0.5) is 27.9 Å². The second kappa shape index (κ2) is 14.8. The molecule has 2 heterocycles. The van der Waals surface area contributed by atoms with Gasteiger partial charge in [-0.05, 0) is 64.8 Å². The summed E-state index contributed by atoms with van der Waals surface area (Å²) in [5.74, 6) is 7.18. The molecule has 1 aromatic carbocycles. The third kappa shape index (κ3) is 9.88. The highest BCUT2D eigenvalue weighted by atomic mass is 16.6. The number of nitrogens with zero attached hydrogens (tertiary/aromatic N) is 4. The van der Waals surface area contributed by atoms with Gasteiger partial charge in [0.25, 0.3) is 0 Å². The molecule has 0 aliphatic carbocycles. The van der Waals surface area contributed by atoms with Gasteiger partial charge in [-0.15, -0.1) is 5.53 Å². The molecule has 1 atom stereocenters. The van der Waals surface area contributed by atoms with Crippen LogP contribution in [0.3, 0.4) is 0 Å². The van der Waals surface area contributed by atoms with E-state index in [2.05, 4.69) is 55.6 Å².